The second-order valence-electron chi connectivity index (χ2n) is 8.38. The fourth-order valence-electron chi connectivity index (χ4n) is 4.79. The van der Waals surface area contributed by atoms with Crippen molar-refractivity contribution in [3.8, 4) is 5.69 Å². The van der Waals surface area contributed by atoms with Gasteiger partial charge in [0.2, 0.25) is 0 Å². The highest BCUT2D eigenvalue weighted by Crippen LogP contribution is 2.42. The van der Waals surface area contributed by atoms with Gasteiger partial charge in [0, 0.05) is 34.3 Å². The SMILES string of the molecule is Cc1cc([C@@H]2[C@@H](c3ccccn3)NC(=S)N2Cc2ccccc2)c(C)n1-c1cccc(Br)c1. The van der Waals surface area contributed by atoms with E-state index in [1.807, 2.05) is 24.4 Å². The summed E-state index contributed by atoms with van der Waals surface area (Å²) in [5, 5.41) is 4.33. The van der Waals surface area contributed by atoms with Crippen LogP contribution in [0.15, 0.2) is 89.5 Å². The molecule has 4 nitrogen and oxygen atoms in total. The maximum Gasteiger partial charge on any atom is 0.170 e. The quantitative estimate of drug-likeness (QED) is 0.310. The maximum atomic E-state index is 5.86. The number of hydrogen-bond acceptors (Lipinski definition) is 2. The second kappa shape index (κ2) is 9.12. The summed E-state index contributed by atoms with van der Waals surface area (Å²) >= 11 is 9.48. The average molecular weight is 517 g/mol. The molecule has 2 aromatic heterocycles. The molecule has 1 aliphatic heterocycles. The summed E-state index contributed by atoms with van der Waals surface area (Å²) in [7, 11) is 0. The molecule has 0 radical (unpaired) electrons. The molecule has 4 aromatic rings. The highest BCUT2D eigenvalue weighted by Gasteiger charge is 2.41. The van der Waals surface area contributed by atoms with Crippen LogP contribution >= 0.6 is 28.1 Å². The van der Waals surface area contributed by atoms with Crippen LogP contribution in [0.3, 0.4) is 0 Å². The van der Waals surface area contributed by atoms with E-state index in [-0.39, 0.29) is 12.1 Å². The Morgan fingerprint density at radius 1 is 0.970 bits per heavy atom. The lowest BCUT2D eigenvalue weighted by Crippen LogP contribution is -2.29. The van der Waals surface area contributed by atoms with Crippen molar-refractivity contribution in [2.45, 2.75) is 32.5 Å². The number of rotatable bonds is 5. The fraction of sp³-hybridized carbons (Fsp3) is 0.185. The highest BCUT2D eigenvalue weighted by atomic mass is 79.9. The summed E-state index contributed by atoms with van der Waals surface area (Å²) in [6.45, 7) is 5.09. The van der Waals surface area contributed by atoms with Crippen molar-refractivity contribution < 1.29 is 0 Å². The predicted octanol–water partition coefficient (Wildman–Crippen LogP) is 6.42. The maximum absolute atomic E-state index is 5.86. The largest absolute Gasteiger partial charge is 0.352 e. The predicted molar refractivity (Wildman–Crippen MR) is 140 cm³/mol. The molecule has 0 spiro atoms. The van der Waals surface area contributed by atoms with Crippen LogP contribution < -0.4 is 5.32 Å². The van der Waals surface area contributed by atoms with E-state index in [0.717, 1.165) is 27.5 Å². The molecule has 1 aliphatic rings. The summed E-state index contributed by atoms with van der Waals surface area (Å²) in [6, 6.07) is 27.3. The molecular formula is C27H25BrN4S. The second-order valence-corrected chi connectivity index (χ2v) is 9.68. The first-order chi connectivity index (χ1) is 16.0. The minimum atomic E-state index is -0.0288. The van der Waals surface area contributed by atoms with E-state index in [1.165, 1.54) is 22.5 Å². The molecule has 1 saturated heterocycles. The molecule has 5 rings (SSSR count). The molecule has 0 unspecified atom stereocenters. The zero-order valence-electron chi connectivity index (χ0n) is 18.6. The first-order valence-corrected chi connectivity index (χ1v) is 12.2. The van der Waals surface area contributed by atoms with Gasteiger partial charge < -0.3 is 14.8 Å². The van der Waals surface area contributed by atoms with Gasteiger partial charge in [0.1, 0.15) is 0 Å². The normalized spacial score (nSPS) is 17.9. The van der Waals surface area contributed by atoms with Crippen LogP contribution in [0, 0.1) is 13.8 Å². The molecule has 1 N–H and O–H groups in total. The van der Waals surface area contributed by atoms with Crippen molar-refractivity contribution in [2.75, 3.05) is 0 Å². The lowest BCUT2D eigenvalue weighted by atomic mass is 9.96. The van der Waals surface area contributed by atoms with Crippen molar-refractivity contribution in [3.63, 3.8) is 0 Å². The average Bonchev–Trinajstić information content (AvgIpc) is 3.30. The number of nitrogens with one attached hydrogen (secondary N) is 1. The van der Waals surface area contributed by atoms with Crippen LogP contribution in [0.5, 0.6) is 0 Å². The molecule has 3 heterocycles. The Morgan fingerprint density at radius 2 is 1.76 bits per heavy atom. The van der Waals surface area contributed by atoms with Crippen molar-refractivity contribution in [2.24, 2.45) is 0 Å². The van der Waals surface area contributed by atoms with Crippen molar-refractivity contribution in [3.05, 3.63) is 118 Å². The zero-order valence-corrected chi connectivity index (χ0v) is 21.0. The van der Waals surface area contributed by atoms with Gasteiger partial charge in [-0.1, -0.05) is 58.4 Å². The van der Waals surface area contributed by atoms with Crippen LogP contribution in [0.25, 0.3) is 5.69 Å². The monoisotopic (exact) mass is 516 g/mol. The van der Waals surface area contributed by atoms with E-state index in [1.54, 1.807) is 0 Å². The standard InChI is InChI=1S/C27H25BrN4S/c1-18-15-23(19(2)32(18)22-12-8-11-21(28)16-22)26-25(24-13-6-7-14-29-24)30-27(33)31(26)17-20-9-4-3-5-10-20/h3-16,25-26H,17H2,1-2H3,(H,30,33)/t25-,26-/m1/s1. The zero-order chi connectivity index (χ0) is 22.9. The van der Waals surface area contributed by atoms with E-state index in [2.05, 4.69) is 110 Å². The Labute approximate surface area is 208 Å². The number of nitrogens with zero attached hydrogens (tertiary/aromatic N) is 3. The molecule has 166 valence electrons. The summed E-state index contributed by atoms with van der Waals surface area (Å²) < 4.78 is 3.38. The Morgan fingerprint density at radius 3 is 2.48 bits per heavy atom. The highest BCUT2D eigenvalue weighted by molar-refractivity contribution is 9.10. The van der Waals surface area contributed by atoms with Crippen LogP contribution in [-0.4, -0.2) is 19.6 Å². The van der Waals surface area contributed by atoms with Crippen molar-refractivity contribution in [1.82, 2.24) is 19.8 Å². The molecule has 0 amide bonds. The molecular weight excluding hydrogens is 492 g/mol. The van der Waals surface area contributed by atoms with Gasteiger partial charge in [0.15, 0.2) is 5.11 Å². The molecule has 0 aliphatic carbocycles. The third kappa shape index (κ3) is 4.21. The number of aromatic nitrogens is 2. The summed E-state index contributed by atoms with van der Waals surface area (Å²) in [6.07, 6.45) is 1.85. The number of thiocarbonyl (C=S) groups is 1. The summed E-state index contributed by atoms with van der Waals surface area (Å²) in [4.78, 5) is 6.98. The first kappa shape index (κ1) is 21.9. The van der Waals surface area contributed by atoms with Gasteiger partial charge in [0.05, 0.1) is 17.8 Å². The van der Waals surface area contributed by atoms with Gasteiger partial charge in [-0.2, -0.15) is 0 Å². The lowest BCUT2D eigenvalue weighted by Gasteiger charge is -2.28. The van der Waals surface area contributed by atoms with Gasteiger partial charge >= 0.3 is 0 Å². The van der Waals surface area contributed by atoms with Crippen LogP contribution in [0.1, 0.15) is 40.3 Å². The number of halogens is 1. The van der Waals surface area contributed by atoms with Crippen LogP contribution in [0.4, 0.5) is 0 Å². The molecule has 1 fully saturated rings. The summed E-state index contributed by atoms with van der Waals surface area (Å²) in [5.74, 6) is 0. The molecule has 6 heteroatoms. The lowest BCUT2D eigenvalue weighted by molar-refractivity contribution is 0.310. The fourth-order valence-corrected chi connectivity index (χ4v) is 5.49. The van der Waals surface area contributed by atoms with Crippen LogP contribution in [-0.2, 0) is 6.54 Å². The van der Waals surface area contributed by atoms with E-state index in [0.29, 0.717) is 0 Å². The van der Waals surface area contributed by atoms with E-state index >= 15 is 0 Å². The molecule has 0 saturated carbocycles. The first-order valence-electron chi connectivity index (χ1n) is 11.0. The minimum Gasteiger partial charge on any atom is -0.352 e. The van der Waals surface area contributed by atoms with E-state index < -0.39 is 0 Å². The van der Waals surface area contributed by atoms with Gasteiger partial charge in [-0.3, -0.25) is 4.98 Å². The molecule has 2 atom stereocenters. The van der Waals surface area contributed by atoms with Crippen LogP contribution in [0.2, 0.25) is 0 Å². The number of benzene rings is 2. The number of hydrogen-bond donors (Lipinski definition) is 1. The Balaban J connectivity index is 1.62. The van der Waals surface area contributed by atoms with E-state index in [9.17, 15) is 0 Å². The Kier molecular flexibility index (Phi) is 6.04. The van der Waals surface area contributed by atoms with Crippen molar-refractivity contribution >= 4 is 33.3 Å². The third-order valence-electron chi connectivity index (χ3n) is 6.25. The topological polar surface area (TPSA) is 33.1 Å². The van der Waals surface area contributed by atoms with Gasteiger partial charge in [-0.05, 0) is 73.6 Å². The number of pyridine rings is 1. The Bertz CT molecular complexity index is 1290. The van der Waals surface area contributed by atoms with Crippen molar-refractivity contribution in [1.29, 1.82) is 0 Å². The smallest absolute Gasteiger partial charge is 0.170 e. The van der Waals surface area contributed by atoms with E-state index in [4.69, 9.17) is 12.2 Å². The minimum absolute atomic E-state index is 0.0275. The number of aryl methyl sites for hydroxylation is 1. The molecule has 33 heavy (non-hydrogen) atoms. The van der Waals surface area contributed by atoms with Gasteiger partial charge in [-0.25, -0.2) is 0 Å². The molecule has 0 bridgehead atoms. The molecule has 2 aromatic carbocycles. The Hall–Kier alpha value is -2.96. The summed E-state index contributed by atoms with van der Waals surface area (Å²) in [5.41, 5.74) is 7.02. The van der Waals surface area contributed by atoms with Gasteiger partial charge in [-0.15, -0.1) is 0 Å². The van der Waals surface area contributed by atoms with Gasteiger partial charge in [0.25, 0.3) is 0 Å². The third-order valence-corrected chi connectivity index (χ3v) is 7.09.